The van der Waals surface area contributed by atoms with Crippen LogP contribution in [0, 0.1) is 5.92 Å². The Bertz CT molecular complexity index is 1770. The van der Waals surface area contributed by atoms with Crippen LogP contribution in [0.25, 0.3) is 17.1 Å². The largest absolute Gasteiger partial charge is 0.488 e. The molecule has 1 amide bonds. The van der Waals surface area contributed by atoms with E-state index in [0.29, 0.717) is 24.8 Å². The molecule has 2 aliphatic rings. The zero-order chi connectivity index (χ0) is 32.8. The van der Waals surface area contributed by atoms with Gasteiger partial charge in [-0.25, -0.2) is 14.5 Å². The maximum Gasteiger partial charge on any atom is 0.434 e. The zero-order valence-corrected chi connectivity index (χ0v) is 24.0. The van der Waals surface area contributed by atoms with Crippen LogP contribution >= 0.6 is 0 Å². The smallest absolute Gasteiger partial charge is 0.434 e. The van der Waals surface area contributed by atoms with Crippen LogP contribution in [-0.4, -0.2) is 49.7 Å². The van der Waals surface area contributed by atoms with Gasteiger partial charge in [0.1, 0.15) is 17.9 Å². The van der Waals surface area contributed by atoms with Crippen molar-refractivity contribution >= 4 is 11.9 Å². The van der Waals surface area contributed by atoms with Gasteiger partial charge >= 0.3 is 18.3 Å². The number of pyridine rings is 1. The Morgan fingerprint density at radius 2 is 1.61 bits per heavy atom. The molecule has 1 saturated heterocycles. The monoisotopic (exact) mass is 644 g/mol. The van der Waals surface area contributed by atoms with E-state index in [1.807, 2.05) is 17.0 Å². The van der Waals surface area contributed by atoms with Crippen molar-refractivity contribution in [3.8, 4) is 22.8 Å². The van der Waals surface area contributed by atoms with Crippen LogP contribution in [0.2, 0.25) is 0 Å². The number of halogens is 6. The van der Waals surface area contributed by atoms with E-state index in [1.54, 1.807) is 12.1 Å². The standard InChI is InChI=1S/C32H26F6N4O4/c33-31(34,35)24-7-2-6-22(25-8-3-9-26(40-25)42-28(32(36,37)38)23(14-39-42)30(44)45)27(24)46-17-18-10-12-19(13-11-18)21-15-41(16-21)29(43)20-4-1-5-20/h2-3,6-14,20-21H,1,4-5,15-17H2,(H,44,45). The summed E-state index contributed by atoms with van der Waals surface area (Å²) >= 11 is 0. The van der Waals surface area contributed by atoms with E-state index in [0.717, 1.165) is 43.0 Å². The molecule has 3 heterocycles. The van der Waals surface area contributed by atoms with Crippen molar-refractivity contribution in [2.45, 2.75) is 44.1 Å². The lowest BCUT2D eigenvalue weighted by molar-refractivity contribution is -0.143. The van der Waals surface area contributed by atoms with E-state index < -0.39 is 46.7 Å². The Morgan fingerprint density at radius 3 is 2.22 bits per heavy atom. The molecule has 1 saturated carbocycles. The van der Waals surface area contributed by atoms with E-state index in [9.17, 15) is 41.0 Å². The molecular formula is C32H26F6N4O4. The van der Waals surface area contributed by atoms with Crippen molar-refractivity contribution in [3.63, 3.8) is 0 Å². The van der Waals surface area contributed by atoms with Gasteiger partial charge in [-0.2, -0.15) is 31.4 Å². The van der Waals surface area contributed by atoms with Crippen LogP contribution in [0.5, 0.6) is 5.75 Å². The molecule has 2 aromatic carbocycles. The van der Waals surface area contributed by atoms with Gasteiger partial charge in [0.05, 0.1) is 17.5 Å². The fourth-order valence-electron chi connectivity index (χ4n) is 5.58. The number of nitrogens with zero attached hydrogens (tertiary/aromatic N) is 4. The Kier molecular flexibility index (Phi) is 7.99. The Labute approximate surface area is 258 Å². The summed E-state index contributed by atoms with van der Waals surface area (Å²) in [6.45, 7) is 0.997. The molecule has 8 nitrogen and oxygen atoms in total. The minimum Gasteiger partial charge on any atom is -0.488 e. The fourth-order valence-corrected chi connectivity index (χ4v) is 5.58. The van der Waals surface area contributed by atoms with Crippen molar-refractivity contribution in [2.75, 3.05) is 13.1 Å². The summed E-state index contributed by atoms with van der Waals surface area (Å²) < 4.78 is 89.7. The first-order valence-corrected chi connectivity index (χ1v) is 14.4. The molecule has 14 heteroatoms. The number of carbonyl (C=O) groups excluding carboxylic acids is 1. The molecule has 2 fully saturated rings. The summed E-state index contributed by atoms with van der Waals surface area (Å²) in [5.74, 6) is -2.38. The summed E-state index contributed by atoms with van der Waals surface area (Å²) in [6, 6.07) is 14.1. The second-order valence-corrected chi connectivity index (χ2v) is 11.3. The molecule has 2 aromatic heterocycles. The summed E-state index contributed by atoms with van der Waals surface area (Å²) in [4.78, 5) is 29.8. The van der Waals surface area contributed by atoms with Crippen LogP contribution < -0.4 is 4.74 Å². The number of likely N-dealkylation sites (tertiary alicyclic amines) is 1. The van der Waals surface area contributed by atoms with Crippen LogP contribution in [0.4, 0.5) is 26.3 Å². The number of carboxylic acid groups (broad SMARTS) is 1. The van der Waals surface area contributed by atoms with Gasteiger partial charge in [-0.1, -0.05) is 42.8 Å². The van der Waals surface area contributed by atoms with Crippen molar-refractivity contribution in [2.24, 2.45) is 5.92 Å². The third-order valence-electron chi connectivity index (χ3n) is 8.30. The highest BCUT2D eigenvalue weighted by Crippen LogP contribution is 2.42. The molecule has 0 unspecified atom stereocenters. The minimum atomic E-state index is -5.12. The number of carbonyl (C=O) groups is 2. The summed E-state index contributed by atoms with van der Waals surface area (Å²) in [5.41, 5.74) is -2.52. The average Bonchev–Trinajstić information content (AvgIpc) is 3.41. The van der Waals surface area contributed by atoms with E-state index >= 15 is 0 Å². The Hall–Kier alpha value is -4.88. The van der Waals surface area contributed by atoms with Gasteiger partial charge < -0.3 is 14.7 Å². The number of para-hydroxylation sites is 1. The van der Waals surface area contributed by atoms with E-state index in [-0.39, 0.29) is 40.3 Å². The van der Waals surface area contributed by atoms with Gasteiger partial charge in [0.25, 0.3) is 0 Å². The van der Waals surface area contributed by atoms with Crippen molar-refractivity contribution < 1.29 is 45.8 Å². The number of alkyl halides is 6. The highest BCUT2D eigenvalue weighted by atomic mass is 19.4. The van der Waals surface area contributed by atoms with Crippen molar-refractivity contribution in [1.29, 1.82) is 0 Å². The molecule has 4 aromatic rings. The minimum absolute atomic E-state index is 0.135. The molecule has 46 heavy (non-hydrogen) atoms. The molecule has 6 rings (SSSR count). The number of hydrogen-bond acceptors (Lipinski definition) is 5. The molecule has 0 atom stereocenters. The lowest BCUT2D eigenvalue weighted by atomic mass is 9.82. The lowest BCUT2D eigenvalue weighted by Gasteiger charge is -2.43. The summed E-state index contributed by atoms with van der Waals surface area (Å²) in [7, 11) is 0. The first-order valence-electron chi connectivity index (χ1n) is 14.4. The van der Waals surface area contributed by atoms with Gasteiger partial charge in [0, 0.05) is 30.5 Å². The molecule has 1 aliphatic carbocycles. The SMILES string of the molecule is O=C(O)c1cnn(-c2cccc(-c3cccc(C(F)(F)F)c3OCc3ccc(C4CN(C(=O)C5CCC5)C4)cc3)n2)c1C(F)(F)F. The first-order chi connectivity index (χ1) is 21.8. The highest BCUT2D eigenvalue weighted by Gasteiger charge is 2.41. The van der Waals surface area contributed by atoms with Crippen molar-refractivity contribution in [3.05, 3.63) is 94.8 Å². The predicted octanol–water partition coefficient (Wildman–Crippen LogP) is 6.98. The number of benzene rings is 2. The summed E-state index contributed by atoms with van der Waals surface area (Å²) in [6.07, 6.45) is -6.47. The predicted molar refractivity (Wildman–Crippen MR) is 151 cm³/mol. The molecule has 1 N–H and O–H groups in total. The van der Waals surface area contributed by atoms with E-state index in [2.05, 4.69) is 10.1 Å². The molecular weight excluding hydrogens is 618 g/mol. The highest BCUT2D eigenvalue weighted by molar-refractivity contribution is 5.89. The van der Waals surface area contributed by atoms with Gasteiger partial charge in [0.15, 0.2) is 11.5 Å². The number of aromatic carboxylic acids is 1. The number of amides is 1. The maximum atomic E-state index is 14.1. The second-order valence-electron chi connectivity index (χ2n) is 11.3. The molecule has 240 valence electrons. The third kappa shape index (κ3) is 6.03. The number of ether oxygens (including phenoxy) is 1. The molecule has 1 aliphatic heterocycles. The number of carboxylic acids is 1. The van der Waals surface area contributed by atoms with Crippen LogP contribution in [0.1, 0.15) is 57.9 Å². The van der Waals surface area contributed by atoms with Gasteiger partial charge in [-0.3, -0.25) is 4.79 Å². The Morgan fingerprint density at radius 1 is 0.913 bits per heavy atom. The average molecular weight is 645 g/mol. The zero-order valence-electron chi connectivity index (χ0n) is 24.0. The van der Waals surface area contributed by atoms with Crippen molar-refractivity contribution in [1.82, 2.24) is 19.7 Å². The quantitative estimate of drug-likeness (QED) is 0.208. The van der Waals surface area contributed by atoms with Crippen LogP contribution in [0.3, 0.4) is 0 Å². The molecule has 0 radical (unpaired) electrons. The normalized spacial score (nSPS) is 15.7. The number of aromatic nitrogens is 3. The topological polar surface area (TPSA) is 97.5 Å². The van der Waals surface area contributed by atoms with Crippen LogP contribution in [0.15, 0.2) is 66.9 Å². The summed E-state index contributed by atoms with van der Waals surface area (Å²) in [5, 5.41) is 12.8. The fraction of sp³-hybridized carbons (Fsp3) is 0.312. The van der Waals surface area contributed by atoms with E-state index in [4.69, 9.17) is 4.74 Å². The number of rotatable bonds is 8. The lowest BCUT2D eigenvalue weighted by Crippen LogP contribution is -2.51. The van der Waals surface area contributed by atoms with E-state index in [1.165, 1.54) is 18.2 Å². The number of hydrogen-bond donors (Lipinski definition) is 1. The first kappa shape index (κ1) is 31.1. The van der Waals surface area contributed by atoms with Gasteiger partial charge in [-0.05, 0) is 48.2 Å². The third-order valence-corrected chi connectivity index (χ3v) is 8.30. The van der Waals surface area contributed by atoms with Gasteiger partial charge in [-0.15, -0.1) is 0 Å². The molecule has 0 bridgehead atoms. The molecule has 0 spiro atoms. The van der Waals surface area contributed by atoms with Gasteiger partial charge in [0.2, 0.25) is 5.91 Å². The Balaban J connectivity index is 1.25. The second kappa shape index (κ2) is 11.8. The van der Waals surface area contributed by atoms with Crippen LogP contribution in [-0.2, 0) is 23.8 Å². The maximum absolute atomic E-state index is 14.1.